The zero-order valence-electron chi connectivity index (χ0n) is 5.77. The second-order valence-corrected chi connectivity index (χ2v) is 4.16. The van der Waals surface area contributed by atoms with Crippen LogP contribution < -0.4 is 0 Å². The summed E-state index contributed by atoms with van der Waals surface area (Å²) in [4.78, 5) is 0. The standard InChI is InChI=1S/C4H6BrF3O3S/c5-2-1-3-11-12(9,10)4(6,7)8/h1-3H2. The lowest BCUT2D eigenvalue weighted by molar-refractivity contribution is -0.0541. The SMILES string of the molecule is O=S(=O)(OCCCBr)C(F)(F)F. The Morgan fingerprint density at radius 2 is 1.83 bits per heavy atom. The molecule has 0 heterocycles. The van der Waals surface area contributed by atoms with Crippen molar-refractivity contribution in [2.75, 3.05) is 11.9 Å². The normalized spacial score (nSPS) is 13.3. The van der Waals surface area contributed by atoms with E-state index in [1.807, 2.05) is 0 Å². The number of hydrogen-bond donors (Lipinski definition) is 0. The van der Waals surface area contributed by atoms with Crippen molar-refractivity contribution in [3.8, 4) is 0 Å². The molecule has 0 rings (SSSR count). The highest BCUT2D eigenvalue weighted by Gasteiger charge is 2.47. The third kappa shape index (κ3) is 3.72. The van der Waals surface area contributed by atoms with E-state index in [2.05, 4.69) is 20.1 Å². The van der Waals surface area contributed by atoms with Crippen LogP contribution in [-0.4, -0.2) is 25.9 Å². The molecule has 0 aromatic heterocycles. The van der Waals surface area contributed by atoms with Crippen LogP contribution in [0.4, 0.5) is 13.2 Å². The van der Waals surface area contributed by atoms with Gasteiger partial charge in [0.15, 0.2) is 0 Å². The third-order valence-electron chi connectivity index (χ3n) is 0.800. The Balaban J connectivity index is 4.08. The Hall–Kier alpha value is 0.180. The van der Waals surface area contributed by atoms with Gasteiger partial charge in [-0.2, -0.15) is 21.6 Å². The molecule has 0 aromatic rings. The Kier molecular flexibility index (Phi) is 4.49. The van der Waals surface area contributed by atoms with E-state index in [1.54, 1.807) is 0 Å². The van der Waals surface area contributed by atoms with Gasteiger partial charge in [0.05, 0.1) is 6.61 Å². The Bertz CT molecular complexity index is 222. The van der Waals surface area contributed by atoms with E-state index in [1.165, 1.54) is 0 Å². The Morgan fingerprint density at radius 3 is 2.17 bits per heavy atom. The minimum atomic E-state index is -5.39. The summed E-state index contributed by atoms with van der Waals surface area (Å²) in [6.07, 6.45) is 0.204. The van der Waals surface area contributed by atoms with E-state index in [4.69, 9.17) is 0 Å². The van der Waals surface area contributed by atoms with Gasteiger partial charge in [-0.1, -0.05) is 15.9 Å². The molecular formula is C4H6BrF3O3S. The summed E-state index contributed by atoms with van der Waals surface area (Å²) < 4.78 is 58.6. The van der Waals surface area contributed by atoms with Crippen molar-refractivity contribution < 1.29 is 25.8 Å². The molecule has 0 spiro atoms. The van der Waals surface area contributed by atoms with Gasteiger partial charge in [0, 0.05) is 5.33 Å². The summed E-state index contributed by atoms with van der Waals surface area (Å²) in [6.45, 7) is -0.465. The molecule has 0 fully saturated rings. The van der Waals surface area contributed by atoms with Crippen LogP contribution in [0.5, 0.6) is 0 Å². The maximum atomic E-state index is 11.5. The predicted octanol–water partition coefficient (Wildman–Crippen LogP) is 1.64. The van der Waals surface area contributed by atoms with Crippen LogP contribution in [0.2, 0.25) is 0 Å². The summed E-state index contributed by atoms with van der Waals surface area (Å²) >= 11 is 2.91. The molecular weight excluding hydrogens is 265 g/mol. The largest absolute Gasteiger partial charge is 0.523 e. The van der Waals surface area contributed by atoms with Crippen molar-refractivity contribution in [3.05, 3.63) is 0 Å². The molecule has 12 heavy (non-hydrogen) atoms. The van der Waals surface area contributed by atoms with Gasteiger partial charge in [-0.15, -0.1) is 0 Å². The first-order chi connectivity index (χ1) is 5.31. The molecule has 0 radical (unpaired) electrons. The molecule has 0 N–H and O–H groups in total. The molecule has 0 amide bonds. The molecule has 74 valence electrons. The first-order valence-electron chi connectivity index (χ1n) is 2.83. The lowest BCUT2D eigenvalue weighted by Gasteiger charge is -2.06. The van der Waals surface area contributed by atoms with Crippen molar-refractivity contribution in [1.82, 2.24) is 0 Å². The number of halogens is 4. The Morgan fingerprint density at radius 1 is 1.33 bits per heavy atom. The van der Waals surface area contributed by atoms with Crippen LogP contribution in [0.3, 0.4) is 0 Å². The number of hydrogen-bond acceptors (Lipinski definition) is 3. The van der Waals surface area contributed by atoms with Gasteiger partial charge < -0.3 is 0 Å². The van der Waals surface area contributed by atoms with E-state index in [0.29, 0.717) is 5.33 Å². The quantitative estimate of drug-likeness (QED) is 0.338. The second kappa shape index (κ2) is 4.43. The van der Waals surface area contributed by atoms with E-state index in [0.717, 1.165) is 0 Å². The molecule has 0 saturated heterocycles. The molecule has 0 aliphatic heterocycles. The van der Waals surface area contributed by atoms with Crippen LogP contribution in [0, 0.1) is 0 Å². The Labute approximate surface area is 76.1 Å². The maximum absolute atomic E-state index is 11.5. The van der Waals surface area contributed by atoms with Gasteiger partial charge >= 0.3 is 15.6 Å². The molecule has 0 aliphatic rings. The van der Waals surface area contributed by atoms with Crippen molar-refractivity contribution in [2.24, 2.45) is 0 Å². The highest BCUT2D eigenvalue weighted by atomic mass is 79.9. The smallest absolute Gasteiger partial charge is 0.263 e. The summed E-state index contributed by atoms with van der Waals surface area (Å²) in [7, 11) is -5.39. The predicted molar refractivity (Wildman–Crippen MR) is 39.3 cm³/mol. The number of alkyl halides is 4. The second-order valence-electron chi connectivity index (χ2n) is 1.76. The van der Waals surface area contributed by atoms with E-state index >= 15 is 0 Å². The minimum absolute atomic E-state index is 0.204. The topological polar surface area (TPSA) is 43.4 Å². The summed E-state index contributed by atoms with van der Waals surface area (Å²) in [5.41, 5.74) is -5.32. The van der Waals surface area contributed by atoms with Crippen LogP contribution in [0.1, 0.15) is 6.42 Å². The first kappa shape index (κ1) is 12.2. The third-order valence-corrected chi connectivity index (χ3v) is 2.40. The fraction of sp³-hybridized carbons (Fsp3) is 1.00. The fourth-order valence-corrected chi connectivity index (χ4v) is 0.990. The highest BCUT2D eigenvalue weighted by Crippen LogP contribution is 2.24. The van der Waals surface area contributed by atoms with Gasteiger partial charge in [-0.25, -0.2) is 0 Å². The van der Waals surface area contributed by atoms with Gasteiger partial charge in [0.1, 0.15) is 0 Å². The number of rotatable bonds is 4. The van der Waals surface area contributed by atoms with Crippen LogP contribution in [-0.2, 0) is 14.3 Å². The molecule has 8 heteroatoms. The summed E-state index contributed by atoms with van der Waals surface area (Å²) in [6, 6.07) is 0. The molecule has 3 nitrogen and oxygen atoms in total. The minimum Gasteiger partial charge on any atom is -0.263 e. The lowest BCUT2D eigenvalue weighted by atomic mass is 10.5. The van der Waals surface area contributed by atoms with Crippen LogP contribution in [0.15, 0.2) is 0 Å². The van der Waals surface area contributed by atoms with Crippen LogP contribution >= 0.6 is 15.9 Å². The average Bonchev–Trinajstić information content (AvgIpc) is 1.85. The van der Waals surface area contributed by atoms with E-state index < -0.39 is 22.2 Å². The summed E-state index contributed by atoms with van der Waals surface area (Å²) in [5, 5.41) is 0.389. The van der Waals surface area contributed by atoms with Crippen molar-refractivity contribution in [2.45, 2.75) is 11.9 Å². The molecule has 0 saturated carbocycles. The zero-order chi connectivity index (χ0) is 9.83. The van der Waals surface area contributed by atoms with Crippen molar-refractivity contribution in [1.29, 1.82) is 0 Å². The fourth-order valence-electron chi connectivity index (χ4n) is 0.290. The maximum Gasteiger partial charge on any atom is 0.523 e. The first-order valence-corrected chi connectivity index (χ1v) is 5.36. The van der Waals surface area contributed by atoms with Gasteiger partial charge in [-0.3, -0.25) is 4.18 Å². The van der Waals surface area contributed by atoms with Gasteiger partial charge in [-0.05, 0) is 6.42 Å². The molecule has 0 aliphatic carbocycles. The molecule has 0 aromatic carbocycles. The van der Waals surface area contributed by atoms with E-state index in [-0.39, 0.29) is 6.42 Å². The van der Waals surface area contributed by atoms with Crippen LogP contribution in [0.25, 0.3) is 0 Å². The van der Waals surface area contributed by atoms with E-state index in [9.17, 15) is 21.6 Å². The average molecular weight is 271 g/mol. The molecule has 0 bridgehead atoms. The molecule has 0 atom stereocenters. The van der Waals surface area contributed by atoms with Crippen molar-refractivity contribution in [3.63, 3.8) is 0 Å². The lowest BCUT2D eigenvalue weighted by Crippen LogP contribution is -2.25. The summed E-state index contributed by atoms with van der Waals surface area (Å²) in [5.74, 6) is 0. The van der Waals surface area contributed by atoms with Gasteiger partial charge in [0.25, 0.3) is 0 Å². The zero-order valence-corrected chi connectivity index (χ0v) is 8.17. The molecule has 0 unspecified atom stereocenters. The van der Waals surface area contributed by atoms with Gasteiger partial charge in [0.2, 0.25) is 0 Å². The highest BCUT2D eigenvalue weighted by molar-refractivity contribution is 9.09. The van der Waals surface area contributed by atoms with Crippen molar-refractivity contribution >= 4 is 26.0 Å². The monoisotopic (exact) mass is 270 g/mol.